The van der Waals surface area contributed by atoms with Crippen molar-refractivity contribution < 1.29 is 9.32 Å². The number of ketones is 1. The number of allylic oxidation sites excluding steroid dienone is 2. The van der Waals surface area contributed by atoms with Crippen molar-refractivity contribution in [3.8, 4) is 0 Å². The lowest BCUT2D eigenvalue weighted by molar-refractivity contribution is -0.119. The molecule has 1 heterocycles. The molecular formula is C12H9Cl4NO2. The van der Waals surface area contributed by atoms with Gasteiger partial charge in [-0.15, -0.1) is 23.2 Å². The zero-order chi connectivity index (χ0) is 14.2. The summed E-state index contributed by atoms with van der Waals surface area (Å²) in [5.41, 5.74) is 0.701. The Bertz CT molecular complexity index is 625. The molecular weight excluding hydrogens is 332 g/mol. The smallest absolute Gasteiger partial charge is 0.186 e. The number of fused-ring (bicyclic) bond motifs is 2. The number of nitrogens with zero attached hydrogens (tertiary/aromatic N) is 1. The quantitative estimate of drug-likeness (QED) is 0.727. The second-order valence-corrected chi connectivity index (χ2v) is 6.97. The SMILES string of the molecule is Cc1cc(C2C(C)C3(Cl)C(=O)C2(Cl)C(Cl)=C3Cl)on1. The van der Waals surface area contributed by atoms with Gasteiger partial charge in [-0.3, -0.25) is 4.79 Å². The number of aryl methyl sites for hydroxylation is 1. The lowest BCUT2D eigenvalue weighted by atomic mass is 9.81. The zero-order valence-corrected chi connectivity index (χ0v) is 13.0. The van der Waals surface area contributed by atoms with Crippen molar-refractivity contribution in [2.45, 2.75) is 29.5 Å². The molecule has 4 atom stereocenters. The minimum absolute atomic E-state index is 0.0907. The Hall–Kier alpha value is -0.220. The molecule has 3 rings (SSSR count). The van der Waals surface area contributed by atoms with Crippen molar-refractivity contribution in [2.24, 2.45) is 5.92 Å². The molecule has 0 amide bonds. The van der Waals surface area contributed by atoms with Gasteiger partial charge in [-0.1, -0.05) is 35.3 Å². The molecule has 0 saturated heterocycles. The molecule has 1 aromatic rings. The van der Waals surface area contributed by atoms with Gasteiger partial charge in [0.25, 0.3) is 0 Å². The highest BCUT2D eigenvalue weighted by atomic mass is 35.5. The van der Waals surface area contributed by atoms with E-state index in [1.165, 1.54) is 0 Å². The number of aromatic nitrogens is 1. The van der Waals surface area contributed by atoms with Gasteiger partial charge in [0, 0.05) is 6.07 Å². The number of alkyl halides is 2. The van der Waals surface area contributed by atoms with E-state index in [0.29, 0.717) is 11.5 Å². The van der Waals surface area contributed by atoms with Crippen LogP contribution in [0.4, 0.5) is 0 Å². The monoisotopic (exact) mass is 339 g/mol. The van der Waals surface area contributed by atoms with Crippen LogP contribution >= 0.6 is 46.4 Å². The van der Waals surface area contributed by atoms with Gasteiger partial charge < -0.3 is 4.52 Å². The summed E-state index contributed by atoms with van der Waals surface area (Å²) in [5, 5.41) is 4.03. The molecule has 102 valence electrons. The highest BCUT2D eigenvalue weighted by Gasteiger charge is 2.75. The highest BCUT2D eigenvalue weighted by molar-refractivity contribution is 6.63. The van der Waals surface area contributed by atoms with Crippen LogP contribution in [0.15, 0.2) is 20.7 Å². The molecule has 0 spiro atoms. The molecule has 1 aromatic heterocycles. The van der Waals surface area contributed by atoms with Gasteiger partial charge >= 0.3 is 0 Å². The fourth-order valence-electron chi connectivity index (χ4n) is 3.01. The molecule has 1 fully saturated rings. The third kappa shape index (κ3) is 1.37. The van der Waals surface area contributed by atoms with E-state index < -0.39 is 15.7 Å². The van der Waals surface area contributed by atoms with Crippen LogP contribution in [0.5, 0.6) is 0 Å². The standard InChI is InChI=1S/C12H9Cl4NO2/c1-4-3-6(19-17-4)7-5(2)11(15)8(13)9(14)12(7,16)10(11)18/h3,5,7H,1-2H3. The fourth-order valence-corrected chi connectivity index (χ4v) is 4.83. The summed E-state index contributed by atoms with van der Waals surface area (Å²) in [7, 11) is 0. The maximum Gasteiger partial charge on any atom is 0.186 e. The van der Waals surface area contributed by atoms with E-state index in [-0.39, 0.29) is 21.8 Å². The van der Waals surface area contributed by atoms with E-state index in [1.807, 2.05) is 6.92 Å². The number of carbonyl (C=O) groups excluding carboxylic acids is 1. The molecule has 0 aliphatic heterocycles. The summed E-state index contributed by atoms with van der Waals surface area (Å²) >= 11 is 25.2. The lowest BCUT2D eigenvalue weighted by Gasteiger charge is -2.31. The lowest BCUT2D eigenvalue weighted by Crippen LogP contribution is -2.33. The van der Waals surface area contributed by atoms with Crippen LogP contribution < -0.4 is 0 Å². The molecule has 2 aliphatic rings. The molecule has 3 nitrogen and oxygen atoms in total. The van der Waals surface area contributed by atoms with Gasteiger partial charge in [-0.05, 0) is 12.8 Å². The van der Waals surface area contributed by atoms with E-state index in [0.717, 1.165) is 0 Å². The molecule has 7 heteroatoms. The molecule has 1 saturated carbocycles. The summed E-state index contributed by atoms with van der Waals surface area (Å²) in [4.78, 5) is 9.67. The predicted octanol–water partition coefficient (Wildman–Crippen LogP) is 3.94. The van der Waals surface area contributed by atoms with E-state index in [4.69, 9.17) is 50.9 Å². The van der Waals surface area contributed by atoms with Gasteiger partial charge in [-0.25, -0.2) is 0 Å². The number of halogens is 4. The summed E-state index contributed by atoms with van der Waals surface area (Å²) in [6.45, 7) is 3.59. The second kappa shape index (κ2) is 3.91. The average Bonchev–Trinajstić information content (AvgIpc) is 2.88. The zero-order valence-electron chi connectivity index (χ0n) is 10.0. The molecule has 0 aromatic carbocycles. The van der Waals surface area contributed by atoms with Gasteiger partial charge in [-0.2, -0.15) is 0 Å². The van der Waals surface area contributed by atoms with Crippen LogP contribution in [-0.2, 0) is 4.79 Å². The van der Waals surface area contributed by atoms with Gasteiger partial charge in [0.15, 0.2) is 10.7 Å². The van der Waals surface area contributed by atoms with Gasteiger partial charge in [0.1, 0.15) is 10.6 Å². The molecule has 0 radical (unpaired) electrons. The topological polar surface area (TPSA) is 43.1 Å². The summed E-state index contributed by atoms with van der Waals surface area (Å²) in [6, 6.07) is 1.73. The first-order chi connectivity index (χ1) is 8.75. The van der Waals surface area contributed by atoms with E-state index in [1.54, 1.807) is 13.0 Å². The Morgan fingerprint density at radius 1 is 1.26 bits per heavy atom. The average molecular weight is 341 g/mol. The van der Waals surface area contributed by atoms with Crippen molar-refractivity contribution in [2.75, 3.05) is 0 Å². The van der Waals surface area contributed by atoms with Gasteiger partial charge in [0.05, 0.1) is 21.7 Å². The number of rotatable bonds is 1. The Morgan fingerprint density at radius 3 is 2.32 bits per heavy atom. The Morgan fingerprint density at radius 2 is 1.84 bits per heavy atom. The number of hydrogen-bond donors (Lipinski definition) is 0. The minimum Gasteiger partial charge on any atom is -0.361 e. The molecule has 4 unspecified atom stereocenters. The third-order valence-electron chi connectivity index (χ3n) is 4.00. The van der Waals surface area contributed by atoms with Crippen LogP contribution in [0.3, 0.4) is 0 Å². The van der Waals surface area contributed by atoms with Crippen molar-refractivity contribution >= 4 is 52.2 Å². The van der Waals surface area contributed by atoms with Gasteiger partial charge in [0.2, 0.25) is 0 Å². The third-order valence-corrected chi connectivity index (χ3v) is 6.57. The fraction of sp³-hybridized carbons (Fsp3) is 0.500. The Kier molecular flexibility index (Phi) is 2.83. The normalized spacial score (nSPS) is 41.5. The molecule has 0 N–H and O–H groups in total. The van der Waals surface area contributed by atoms with Crippen LogP contribution in [0.1, 0.15) is 24.3 Å². The highest BCUT2D eigenvalue weighted by Crippen LogP contribution is 2.68. The van der Waals surface area contributed by atoms with Crippen LogP contribution in [-0.4, -0.2) is 20.7 Å². The van der Waals surface area contributed by atoms with Crippen LogP contribution in [0.2, 0.25) is 0 Å². The maximum atomic E-state index is 12.5. The predicted molar refractivity (Wildman–Crippen MR) is 74.1 cm³/mol. The first-order valence-electron chi connectivity index (χ1n) is 5.67. The van der Waals surface area contributed by atoms with Crippen LogP contribution in [0.25, 0.3) is 0 Å². The molecule has 2 bridgehead atoms. The van der Waals surface area contributed by atoms with Crippen molar-refractivity contribution in [3.05, 3.63) is 27.6 Å². The van der Waals surface area contributed by atoms with E-state index >= 15 is 0 Å². The molecule has 2 aliphatic carbocycles. The largest absolute Gasteiger partial charge is 0.361 e. The number of carbonyl (C=O) groups is 1. The first-order valence-corrected chi connectivity index (χ1v) is 7.19. The van der Waals surface area contributed by atoms with Crippen LogP contribution in [0, 0.1) is 12.8 Å². The summed E-state index contributed by atoms with van der Waals surface area (Å²) in [5.74, 6) is -0.694. The van der Waals surface area contributed by atoms with Crippen molar-refractivity contribution in [3.63, 3.8) is 0 Å². The maximum absolute atomic E-state index is 12.5. The Balaban J connectivity index is 2.23. The second-order valence-electron chi connectivity index (χ2n) is 5.02. The van der Waals surface area contributed by atoms with E-state index in [9.17, 15) is 4.79 Å². The van der Waals surface area contributed by atoms with Crippen molar-refractivity contribution in [1.29, 1.82) is 0 Å². The molecule has 19 heavy (non-hydrogen) atoms. The Labute approximate surface area is 129 Å². The summed E-state index contributed by atoms with van der Waals surface area (Å²) in [6.07, 6.45) is 0. The van der Waals surface area contributed by atoms with E-state index in [2.05, 4.69) is 5.16 Å². The van der Waals surface area contributed by atoms with Crippen molar-refractivity contribution in [1.82, 2.24) is 5.16 Å². The minimum atomic E-state index is -1.45. The number of Topliss-reactive ketones (excluding diaryl/α,β-unsaturated/α-hetero) is 1. The first kappa shape index (κ1) is 13.7. The summed E-state index contributed by atoms with van der Waals surface area (Å²) < 4.78 is 5.24. The number of hydrogen-bond acceptors (Lipinski definition) is 3.